The molecule has 3 nitrogen and oxygen atoms in total. The van der Waals surface area contributed by atoms with Crippen molar-refractivity contribution in [3.63, 3.8) is 0 Å². The van der Waals surface area contributed by atoms with E-state index in [9.17, 15) is 0 Å². The second kappa shape index (κ2) is 6.42. The van der Waals surface area contributed by atoms with Gasteiger partial charge in [0.25, 0.3) is 0 Å². The maximum atomic E-state index is 6.14. The van der Waals surface area contributed by atoms with Crippen LogP contribution in [0.3, 0.4) is 0 Å². The van der Waals surface area contributed by atoms with Crippen molar-refractivity contribution in [2.24, 2.45) is 0 Å². The Morgan fingerprint density at radius 2 is 1.80 bits per heavy atom. The Balaban J connectivity index is 2.41. The lowest BCUT2D eigenvalue weighted by Gasteiger charge is -2.11. The van der Waals surface area contributed by atoms with Crippen molar-refractivity contribution in [1.29, 1.82) is 0 Å². The third-order valence-electron chi connectivity index (χ3n) is 2.72. The predicted octanol–water partition coefficient (Wildman–Crippen LogP) is 4.80. The molecular formula is C15H16Cl2N2O. The Labute approximate surface area is 128 Å². The molecule has 0 saturated heterocycles. The van der Waals surface area contributed by atoms with Crippen LogP contribution in [-0.4, -0.2) is 16.1 Å². The number of ether oxygens (including phenoxy) is 1. The van der Waals surface area contributed by atoms with E-state index in [1.165, 1.54) is 0 Å². The fourth-order valence-corrected chi connectivity index (χ4v) is 2.49. The minimum absolute atomic E-state index is 0.112. The normalized spacial score (nSPS) is 10.9. The van der Waals surface area contributed by atoms with Crippen LogP contribution in [0.2, 0.25) is 10.3 Å². The summed E-state index contributed by atoms with van der Waals surface area (Å²) < 4.78 is 5.66. The van der Waals surface area contributed by atoms with Crippen LogP contribution in [0.4, 0.5) is 0 Å². The lowest BCUT2D eigenvalue weighted by Crippen LogP contribution is -2.05. The average molecular weight is 311 g/mol. The number of hydrogen-bond acceptors (Lipinski definition) is 3. The summed E-state index contributed by atoms with van der Waals surface area (Å²) in [6, 6.07) is 7.58. The fraction of sp³-hybridized carbons (Fsp3) is 0.333. The summed E-state index contributed by atoms with van der Waals surface area (Å²) >= 11 is 12.3. The van der Waals surface area contributed by atoms with Gasteiger partial charge in [-0.2, -0.15) is 0 Å². The Morgan fingerprint density at radius 3 is 2.35 bits per heavy atom. The number of rotatable bonds is 4. The molecule has 1 aromatic heterocycles. The van der Waals surface area contributed by atoms with E-state index in [1.807, 2.05) is 45.0 Å². The van der Waals surface area contributed by atoms with E-state index >= 15 is 0 Å². The second-order valence-electron chi connectivity index (χ2n) is 4.66. The van der Waals surface area contributed by atoms with Gasteiger partial charge in [0.2, 0.25) is 0 Å². The highest BCUT2D eigenvalue weighted by Gasteiger charge is 2.12. The molecule has 0 fully saturated rings. The van der Waals surface area contributed by atoms with Gasteiger partial charge in [-0.3, -0.25) is 0 Å². The van der Waals surface area contributed by atoms with Crippen molar-refractivity contribution in [2.75, 3.05) is 0 Å². The molecule has 1 heterocycles. The van der Waals surface area contributed by atoms with Crippen LogP contribution in [0.25, 0.3) is 11.4 Å². The molecule has 0 aliphatic carbocycles. The SMILES string of the molecule is CCc1c(Cl)nc(-c2cccc(OC(C)C)c2)nc1Cl. The molecule has 2 rings (SSSR count). The lowest BCUT2D eigenvalue weighted by molar-refractivity contribution is 0.242. The number of hydrogen-bond donors (Lipinski definition) is 0. The number of nitrogens with zero attached hydrogens (tertiary/aromatic N) is 2. The van der Waals surface area contributed by atoms with Gasteiger partial charge in [0.1, 0.15) is 16.1 Å². The first-order valence-electron chi connectivity index (χ1n) is 6.50. The van der Waals surface area contributed by atoms with Crippen molar-refractivity contribution in [2.45, 2.75) is 33.3 Å². The van der Waals surface area contributed by atoms with Gasteiger partial charge in [-0.05, 0) is 32.4 Å². The molecule has 5 heteroatoms. The van der Waals surface area contributed by atoms with Crippen molar-refractivity contribution in [3.8, 4) is 17.1 Å². The Hall–Kier alpha value is -1.32. The van der Waals surface area contributed by atoms with Crippen molar-refractivity contribution < 1.29 is 4.74 Å². The van der Waals surface area contributed by atoms with E-state index < -0.39 is 0 Å². The Morgan fingerprint density at radius 1 is 1.15 bits per heavy atom. The largest absolute Gasteiger partial charge is 0.491 e. The quantitative estimate of drug-likeness (QED) is 0.761. The van der Waals surface area contributed by atoms with E-state index in [4.69, 9.17) is 27.9 Å². The fourth-order valence-electron chi connectivity index (χ4n) is 1.83. The molecule has 0 spiro atoms. The summed E-state index contributed by atoms with van der Waals surface area (Å²) in [6.07, 6.45) is 0.815. The zero-order chi connectivity index (χ0) is 14.7. The van der Waals surface area contributed by atoms with Crippen LogP contribution in [0.15, 0.2) is 24.3 Å². The van der Waals surface area contributed by atoms with Crippen LogP contribution in [0.1, 0.15) is 26.3 Å². The molecule has 0 atom stereocenters. The molecule has 0 aliphatic heterocycles. The van der Waals surface area contributed by atoms with E-state index in [-0.39, 0.29) is 6.10 Å². The van der Waals surface area contributed by atoms with Crippen LogP contribution >= 0.6 is 23.2 Å². The highest BCUT2D eigenvalue weighted by molar-refractivity contribution is 6.34. The first-order chi connectivity index (χ1) is 9.51. The highest BCUT2D eigenvalue weighted by Crippen LogP contribution is 2.27. The van der Waals surface area contributed by atoms with Crippen LogP contribution in [-0.2, 0) is 6.42 Å². The molecule has 106 valence electrons. The van der Waals surface area contributed by atoms with Gasteiger partial charge in [-0.15, -0.1) is 0 Å². The smallest absolute Gasteiger partial charge is 0.162 e. The summed E-state index contributed by atoms with van der Waals surface area (Å²) in [5, 5.41) is 0.801. The van der Waals surface area contributed by atoms with Gasteiger partial charge >= 0.3 is 0 Å². The van der Waals surface area contributed by atoms with E-state index in [0.29, 0.717) is 22.6 Å². The van der Waals surface area contributed by atoms with Crippen molar-refractivity contribution in [1.82, 2.24) is 9.97 Å². The van der Waals surface area contributed by atoms with Gasteiger partial charge in [0.15, 0.2) is 5.82 Å². The van der Waals surface area contributed by atoms with Gasteiger partial charge in [0.05, 0.1) is 6.10 Å². The maximum absolute atomic E-state index is 6.14. The third kappa shape index (κ3) is 3.41. The predicted molar refractivity (Wildman–Crippen MR) is 82.6 cm³/mol. The van der Waals surface area contributed by atoms with Crippen molar-refractivity contribution >= 4 is 23.2 Å². The second-order valence-corrected chi connectivity index (χ2v) is 5.37. The molecule has 2 aromatic rings. The highest BCUT2D eigenvalue weighted by atomic mass is 35.5. The Kier molecular flexibility index (Phi) is 4.84. The molecular weight excluding hydrogens is 295 g/mol. The van der Waals surface area contributed by atoms with E-state index in [0.717, 1.165) is 16.9 Å². The number of benzene rings is 1. The van der Waals surface area contributed by atoms with Gasteiger partial charge in [0, 0.05) is 11.1 Å². The molecule has 0 radical (unpaired) electrons. The monoisotopic (exact) mass is 310 g/mol. The van der Waals surface area contributed by atoms with Gasteiger partial charge < -0.3 is 4.74 Å². The summed E-state index contributed by atoms with van der Waals surface area (Å²) in [7, 11) is 0. The van der Waals surface area contributed by atoms with Crippen LogP contribution < -0.4 is 4.74 Å². The first kappa shape index (κ1) is 15.1. The summed E-state index contributed by atoms with van der Waals surface area (Å²) in [6.45, 7) is 5.92. The molecule has 0 bridgehead atoms. The van der Waals surface area contributed by atoms with E-state index in [2.05, 4.69) is 9.97 Å². The van der Waals surface area contributed by atoms with E-state index in [1.54, 1.807) is 0 Å². The molecule has 0 amide bonds. The van der Waals surface area contributed by atoms with Crippen LogP contribution in [0, 0.1) is 0 Å². The third-order valence-corrected chi connectivity index (χ3v) is 3.35. The first-order valence-corrected chi connectivity index (χ1v) is 7.25. The van der Waals surface area contributed by atoms with Crippen molar-refractivity contribution in [3.05, 3.63) is 40.1 Å². The zero-order valence-corrected chi connectivity index (χ0v) is 13.2. The molecule has 20 heavy (non-hydrogen) atoms. The van der Waals surface area contributed by atoms with Crippen LogP contribution in [0.5, 0.6) is 5.75 Å². The summed E-state index contributed by atoms with van der Waals surface area (Å²) in [5.74, 6) is 1.28. The Bertz CT molecular complexity index is 592. The number of halogens is 2. The van der Waals surface area contributed by atoms with Gasteiger partial charge in [-0.1, -0.05) is 42.3 Å². The maximum Gasteiger partial charge on any atom is 0.162 e. The van der Waals surface area contributed by atoms with Gasteiger partial charge in [-0.25, -0.2) is 9.97 Å². The molecule has 0 saturated carbocycles. The molecule has 1 aromatic carbocycles. The number of aromatic nitrogens is 2. The summed E-state index contributed by atoms with van der Waals surface area (Å²) in [4.78, 5) is 8.62. The zero-order valence-electron chi connectivity index (χ0n) is 11.7. The topological polar surface area (TPSA) is 35.0 Å². The minimum Gasteiger partial charge on any atom is -0.491 e. The average Bonchev–Trinajstić information content (AvgIpc) is 2.38. The standard InChI is InChI=1S/C15H16Cl2N2O/c1-4-12-13(16)18-15(19-14(12)17)10-6-5-7-11(8-10)20-9(2)3/h5-9H,4H2,1-3H3. The lowest BCUT2D eigenvalue weighted by atomic mass is 10.2. The summed E-state index contributed by atoms with van der Waals surface area (Å²) in [5.41, 5.74) is 1.60. The minimum atomic E-state index is 0.112. The molecule has 0 aliphatic rings. The molecule has 0 unspecified atom stereocenters. The molecule has 0 N–H and O–H groups in total.